The highest BCUT2D eigenvalue weighted by Gasteiger charge is 2.27. The van der Waals surface area contributed by atoms with Crippen LogP contribution in [0, 0.1) is 6.92 Å². The number of nitrogens with one attached hydrogen (secondary N) is 1. The molecule has 3 aromatic heterocycles. The lowest BCUT2D eigenvalue weighted by Gasteiger charge is -2.23. The van der Waals surface area contributed by atoms with Crippen LogP contribution in [-0.4, -0.2) is 25.8 Å². The zero-order valence-electron chi connectivity index (χ0n) is 13.3. The van der Waals surface area contributed by atoms with Gasteiger partial charge >= 0.3 is 0 Å². The number of pyridine rings is 1. The van der Waals surface area contributed by atoms with Crippen LogP contribution in [0.15, 0.2) is 41.2 Å². The van der Waals surface area contributed by atoms with Crippen LogP contribution < -0.4 is 5.32 Å². The summed E-state index contributed by atoms with van der Waals surface area (Å²) in [5, 5.41) is 11.3. The van der Waals surface area contributed by atoms with Crippen LogP contribution in [0.4, 0.5) is 0 Å². The first kappa shape index (κ1) is 14.6. The Bertz CT molecular complexity index is 868. The van der Waals surface area contributed by atoms with Gasteiger partial charge in [-0.3, -0.25) is 4.79 Å². The summed E-state index contributed by atoms with van der Waals surface area (Å²) >= 11 is 0. The molecule has 3 heterocycles. The lowest BCUT2D eigenvalue weighted by molar-refractivity contribution is 0.0895. The van der Waals surface area contributed by atoms with Crippen LogP contribution in [0.5, 0.6) is 0 Å². The first-order chi connectivity index (χ1) is 11.7. The molecule has 0 unspecified atom stereocenters. The molecule has 0 aliphatic heterocycles. The molecule has 0 bridgehead atoms. The van der Waals surface area contributed by atoms with Gasteiger partial charge in [0.15, 0.2) is 5.82 Å². The number of carbonyl (C=O) groups is 1. The molecule has 1 aliphatic rings. The zero-order chi connectivity index (χ0) is 16.5. The Morgan fingerprint density at radius 3 is 3.08 bits per heavy atom. The van der Waals surface area contributed by atoms with Gasteiger partial charge in [0, 0.05) is 17.8 Å². The van der Waals surface area contributed by atoms with Crippen LogP contribution in [0.25, 0.3) is 5.82 Å². The maximum Gasteiger partial charge on any atom is 0.290 e. The molecule has 1 aliphatic carbocycles. The summed E-state index contributed by atoms with van der Waals surface area (Å²) in [5.41, 5.74) is 2.82. The van der Waals surface area contributed by atoms with E-state index in [2.05, 4.69) is 20.6 Å². The summed E-state index contributed by atoms with van der Waals surface area (Å²) in [7, 11) is 0. The Balaban J connectivity index is 1.61. The third-order valence-corrected chi connectivity index (χ3v) is 4.21. The summed E-state index contributed by atoms with van der Waals surface area (Å²) in [6.45, 7) is 1.79. The molecular formula is C17H17N5O2. The van der Waals surface area contributed by atoms with Crippen molar-refractivity contribution in [1.82, 2.24) is 25.2 Å². The number of amides is 1. The van der Waals surface area contributed by atoms with Crippen molar-refractivity contribution < 1.29 is 9.32 Å². The second-order valence-corrected chi connectivity index (χ2v) is 5.90. The molecule has 0 radical (unpaired) electrons. The SMILES string of the molecule is Cc1cc(C(=O)N[C@@H]2CCCc3c2cnn3-c2ccccn2)on1. The van der Waals surface area contributed by atoms with Gasteiger partial charge in [0.25, 0.3) is 5.91 Å². The van der Waals surface area contributed by atoms with E-state index < -0.39 is 0 Å². The fourth-order valence-corrected chi connectivity index (χ4v) is 3.08. The molecule has 1 amide bonds. The van der Waals surface area contributed by atoms with Crippen molar-refractivity contribution in [3.63, 3.8) is 0 Å². The Hall–Kier alpha value is -2.96. The largest absolute Gasteiger partial charge is 0.351 e. The van der Waals surface area contributed by atoms with Crippen LogP contribution in [0.1, 0.15) is 46.4 Å². The average Bonchev–Trinajstić information content (AvgIpc) is 3.22. The predicted octanol–water partition coefficient (Wildman–Crippen LogP) is 2.37. The van der Waals surface area contributed by atoms with Crippen molar-refractivity contribution in [3.05, 3.63) is 59.4 Å². The van der Waals surface area contributed by atoms with Gasteiger partial charge in [0.2, 0.25) is 5.76 Å². The van der Waals surface area contributed by atoms with Gasteiger partial charge in [0.1, 0.15) is 0 Å². The number of hydrogen-bond donors (Lipinski definition) is 1. The normalized spacial score (nSPS) is 16.6. The van der Waals surface area contributed by atoms with Crippen molar-refractivity contribution >= 4 is 5.91 Å². The molecule has 1 N–H and O–H groups in total. The highest BCUT2D eigenvalue weighted by Crippen LogP contribution is 2.31. The summed E-state index contributed by atoms with van der Waals surface area (Å²) in [4.78, 5) is 16.7. The number of aromatic nitrogens is 4. The number of nitrogens with zero attached hydrogens (tertiary/aromatic N) is 4. The molecule has 0 aromatic carbocycles. The molecule has 0 fully saturated rings. The zero-order valence-corrected chi connectivity index (χ0v) is 13.3. The summed E-state index contributed by atoms with van der Waals surface area (Å²) in [5.74, 6) is 0.771. The van der Waals surface area contributed by atoms with Gasteiger partial charge in [-0.15, -0.1) is 0 Å². The maximum atomic E-state index is 12.3. The van der Waals surface area contributed by atoms with Gasteiger partial charge in [0.05, 0.1) is 23.6 Å². The van der Waals surface area contributed by atoms with Crippen molar-refractivity contribution in [3.8, 4) is 5.82 Å². The first-order valence-corrected chi connectivity index (χ1v) is 7.95. The predicted molar refractivity (Wildman–Crippen MR) is 85.7 cm³/mol. The second kappa shape index (κ2) is 5.92. The number of hydrogen-bond acceptors (Lipinski definition) is 5. The van der Waals surface area contributed by atoms with Gasteiger partial charge in [-0.25, -0.2) is 9.67 Å². The van der Waals surface area contributed by atoms with E-state index in [1.54, 1.807) is 19.2 Å². The minimum Gasteiger partial charge on any atom is -0.351 e. The quantitative estimate of drug-likeness (QED) is 0.800. The lowest BCUT2D eigenvalue weighted by Crippen LogP contribution is -2.30. The Labute approximate surface area is 138 Å². The van der Waals surface area contributed by atoms with E-state index in [0.717, 1.165) is 36.3 Å². The van der Waals surface area contributed by atoms with Crippen LogP contribution in [0.3, 0.4) is 0 Å². The van der Waals surface area contributed by atoms with Gasteiger partial charge in [-0.2, -0.15) is 5.10 Å². The van der Waals surface area contributed by atoms with Crippen LogP contribution in [-0.2, 0) is 6.42 Å². The maximum absolute atomic E-state index is 12.3. The van der Waals surface area contributed by atoms with E-state index in [9.17, 15) is 4.79 Å². The third kappa shape index (κ3) is 2.58. The van der Waals surface area contributed by atoms with E-state index >= 15 is 0 Å². The highest BCUT2D eigenvalue weighted by molar-refractivity contribution is 5.91. The Kier molecular flexibility index (Phi) is 3.60. The molecule has 24 heavy (non-hydrogen) atoms. The van der Waals surface area contributed by atoms with Crippen molar-refractivity contribution in [2.45, 2.75) is 32.2 Å². The van der Waals surface area contributed by atoms with E-state index in [1.807, 2.05) is 29.1 Å². The standard InChI is InChI=1S/C17H17N5O2/c1-11-9-15(24-21-11)17(23)20-13-5-4-6-14-12(13)10-19-22(14)16-7-2-3-8-18-16/h2-3,7-10,13H,4-6H2,1H3,(H,20,23)/t13-/m1/s1. The summed E-state index contributed by atoms with van der Waals surface area (Å²) in [6.07, 6.45) is 6.34. The van der Waals surface area contributed by atoms with Gasteiger partial charge < -0.3 is 9.84 Å². The Morgan fingerprint density at radius 2 is 2.33 bits per heavy atom. The second-order valence-electron chi connectivity index (χ2n) is 5.90. The molecule has 3 aromatic rings. The Morgan fingerprint density at radius 1 is 1.42 bits per heavy atom. The van der Waals surface area contributed by atoms with Crippen LogP contribution >= 0.6 is 0 Å². The van der Waals surface area contributed by atoms with Gasteiger partial charge in [-0.05, 0) is 38.3 Å². The minimum atomic E-state index is -0.251. The molecule has 0 spiro atoms. The molecular weight excluding hydrogens is 306 g/mol. The van der Waals surface area contributed by atoms with E-state index in [1.165, 1.54) is 0 Å². The highest BCUT2D eigenvalue weighted by atomic mass is 16.5. The van der Waals surface area contributed by atoms with Crippen LogP contribution in [0.2, 0.25) is 0 Å². The fraction of sp³-hybridized carbons (Fsp3) is 0.294. The number of aryl methyl sites for hydroxylation is 1. The number of carbonyl (C=O) groups excluding carboxylic acids is 1. The molecule has 4 rings (SSSR count). The monoisotopic (exact) mass is 323 g/mol. The fourth-order valence-electron chi connectivity index (χ4n) is 3.08. The third-order valence-electron chi connectivity index (χ3n) is 4.21. The minimum absolute atomic E-state index is 0.0795. The van der Waals surface area contributed by atoms with Gasteiger partial charge in [-0.1, -0.05) is 11.2 Å². The van der Waals surface area contributed by atoms with E-state index in [0.29, 0.717) is 5.69 Å². The molecule has 0 saturated carbocycles. The first-order valence-electron chi connectivity index (χ1n) is 7.95. The average molecular weight is 323 g/mol. The van der Waals surface area contributed by atoms with Crippen molar-refractivity contribution in [2.75, 3.05) is 0 Å². The summed E-state index contributed by atoms with van der Waals surface area (Å²) < 4.78 is 6.89. The van der Waals surface area contributed by atoms with E-state index in [-0.39, 0.29) is 17.7 Å². The summed E-state index contributed by atoms with van der Waals surface area (Å²) in [6, 6.07) is 7.29. The molecule has 0 saturated heterocycles. The lowest BCUT2D eigenvalue weighted by atomic mass is 9.93. The number of fused-ring (bicyclic) bond motifs is 1. The molecule has 122 valence electrons. The molecule has 7 heteroatoms. The van der Waals surface area contributed by atoms with Crippen molar-refractivity contribution in [2.24, 2.45) is 0 Å². The molecule has 1 atom stereocenters. The van der Waals surface area contributed by atoms with E-state index in [4.69, 9.17) is 4.52 Å². The topological polar surface area (TPSA) is 85.8 Å². The smallest absolute Gasteiger partial charge is 0.290 e. The number of rotatable bonds is 3. The molecule has 7 nitrogen and oxygen atoms in total. The van der Waals surface area contributed by atoms with Crippen molar-refractivity contribution in [1.29, 1.82) is 0 Å².